The maximum absolute atomic E-state index is 11.7. The van der Waals surface area contributed by atoms with Crippen LogP contribution in [0.2, 0.25) is 0 Å². The fraction of sp³-hybridized carbons (Fsp3) is 0.500. The third-order valence-corrected chi connectivity index (χ3v) is 3.92. The molecule has 0 radical (unpaired) electrons. The zero-order valence-corrected chi connectivity index (χ0v) is 12.5. The summed E-state index contributed by atoms with van der Waals surface area (Å²) in [6, 6.07) is 0. The van der Waals surface area contributed by atoms with Crippen molar-refractivity contribution in [2.45, 2.75) is 33.9 Å². The van der Waals surface area contributed by atoms with Gasteiger partial charge in [-0.15, -0.1) is 16.4 Å². The molecule has 0 saturated carbocycles. The van der Waals surface area contributed by atoms with Crippen molar-refractivity contribution in [1.82, 2.24) is 20.0 Å². The molecule has 0 spiro atoms. The van der Waals surface area contributed by atoms with Crippen LogP contribution in [0.1, 0.15) is 38.7 Å². The number of aryl methyl sites for hydroxylation is 2. The molecular weight excluding hydrogens is 278 g/mol. The van der Waals surface area contributed by atoms with Gasteiger partial charge < -0.3 is 10.5 Å². The molecule has 0 fully saturated rings. The van der Waals surface area contributed by atoms with Crippen molar-refractivity contribution >= 4 is 17.3 Å². The molecule has 2 rings (SSSR count). The van der Waals surface area contributed by atoms with E-state index in [4.69, 9.17) is 10.5 Å². The summed E-state index contributed by atoms with van der Waals surface area (Å²) in [5.41, 5.74) is 7.44. The zero-order chi connectivity index (χ0) is 14.7. The molecule has 0 aliphatic rings. The summed E-state index contributed by atoms with van der Waals surface area (Å²) in [5, 5.41) is 8.76. The highest BCUT2D eigenvalue weighted by atomic mass is 32.1. The van der Waals surface area contributed by atoms with Crippen LogP contribution in [0.4, 0.5) is 0 Å². The Labute approximate surface area is 120 Å². The van der Waals surface area contributed by atoms with E-state index >= 15 is 0 Å². The number of aromatic nitrogens is 4. The molecule has 7 nitrogen and oxygen atoms in total. The summed E-state index contributed by atoms with van der Waals surface area (Å²) < 4.78 is 6.54. The van der Waals surface area contributed by atoms with E-state index in [1.54, 1.807) is 22.9 Å². The molecule has 0 saturated heterocycles. The minimum absolute atomic E-state index is 0.171. The van der Waals surface area contributed by atoms with Gasteiger partial charge in [0, 0.05) is 11.4 Å². The van der Waals surface area contributed by atoms with Crippen LogP contribution in [0.25, 0.3) is 0 Å². The summed E-state index contributed by atoms with van der Waals surface area (Å²) in [7, 11) is 0. The number of nitrogens with two attached hydrogens (primary N) is 1. The number of thiazole rings is 1. The number of rotatable bonds is 5. The second kappa shape index (κ2) is 6.10. The molecule has 20 heavy (non-hydrogen) atoms. The van der Waals surface area contributed by atoms with Crippen LogP contribution >= 0.6 is 11.3 Å². The number of nitrogens with zero attached hydrogens (tertiary/aromatic N) is 4. The van der Waals surface area contributed by atoms with E-state index in [9.17, 15) is 4.79 Å². The third kappa shape index (κ3) is 2.86. The highest BCUT2D eigenvalue weighted by Crippen LogP contribution is 2.18. The van der Waals surface area contributed by atoms with E-state index in [1.807, 2.05) is 13.8 Å². The van der Waals surface area contributed by atoms with E-state index in [-0.39, 0.29) is 12.2 Å². The topological polar surface area (TPSA) is 95.9 Å². The van der Waals surface area contributed by atoms with E-state index < -0.39 is 5.97 Å². The lowest BCUT2D eigenvalue weighted by molar-refractivity contribution is 0.0518. The minimum atomic E-state index is -0.495. The Balaban J connectivity index is 2.26. The summed E-state index contributed by atoms with van der Waals surface area (Å²) in [5.74, 6) is -0.495. The SMILES string of the molecule is CCOC(=O)c1nnn(Cc2nc(C)c(C)s2)c1CN. The highest BCUT2D eigenvalue weighted by Gasteiger charge is 2.20. The Hall–Kier alpha value is -1.80. The van der Waals surface area contributed by atoms with E-state index in [2.05, 4.69) is 15.3 Å². The van der Waals surface area contributed by atoms with Crippen molar-refractivity contribution < 1.29 is 9.53 Å². The normalized spacial score (nSPS) is 10.8. The minimum Gasteiger partial charge on any atom is -0.461 e. The molecule has 2 aromatic rings. The quantitative estimate of drug-likeness (QED) is 0.828. The van der Waals surface area contributed by atoms with Crippen molar-refractivity contribution in [1.29, 1.82) is 0 Å². The highest BCUT2D eigenvalue weighted by molar-refractivity contribution is 7.11. The van der Waals surface area contributed by atoms with Crippen molar-refractivity contribution in [3.05, 3.63) is 27.0 Å². The lowest BCUT2D eigenvalue weighted by Crippen LogP contribution is -2.14. The van der Waals surface area contributed by atoms with Crippen LogP contribution in [-0.4, -0.2) is 32.6 Å². The van der Waals surface area contributed by atoms with Gasteiger partial charge in [-0.1, -0.05) is 5.21 Å². The van der Waals surface area contributed by atoms with Gasteiger partial charge in [-0.25, -0.2) is 14.5 Å². The van der Waals surface area contributed by atoms with Crippen LogP contribution < -0.4 is 5.73 Å². The molecule has 0 atom stereocenters. The van der Waals surface area contributed by atoms with E-state index in [0.717, 1.165) is 10.7 Å². The Bertz CT molecular complexity index is 600. The summed E-state index contributed by atoms with van der Waals surface area (Å²) in [6.45, 7) is 6.64. The molecule has 0 aromatic carbocycles. The first-order chi connectivity index (χ1) is 9.56. The Morgan fingerprint density at radius 2 is 2.20 bits per heavy atom. The number of hydrogen-bond donors (Lipinski definition) is 1. The van der Waals surface area contributed by atoms with Crippen LogP contribution in [0.15, 0.2) is 0 Å². The molecule has 0 aliphatic carbocycles. The number of carbonyl (C=O) groups is 1. The average molecular weight is 295 g/mol. The smallest absolute Gasteiger partial charge is 0.360 e. The predicted molar refractivity (Wildman–Crippen MR) is 74.6 cm³/mol. The van der Waals surface area contributed by atoms with Crippen molar-refractivity contribution in [3.63, 3.8) is 0 Å². The van der Waals surface area contributed by atoms with E-state index in [0.29, 0.717) is 18.8 Å². The van der Waals surface area contributed by atoms with Crippen LogP contribution in [-0.2, 0) is 17.8 Å². The van der Waals surface area contributed by atoms with Crippen molar-refractivity contribution in [3.8, 4) is 0 Å². The van der Waals surface area contributed by atoms with E-state index in [1.165, 1.54) is 4.88 Å². The van der Waals surface area contributed by atoms with Gasteiger partial charge in [-0.3, -0.25) is 0 Å². The fourth-order valence-corrected chi connectivity index (χ4v) is 2.67. The molecule has 0 aliphatic heterocycles. The van der Waals surface area contributed by atoms with Crippen molar-refractivity contribution in [2.24, 2.45) is 5.73 Å². The van der Waals surface area contributed by atoms with Gasteiger partial charge in [0.05, 0.1) is 24.5 Å². The summed E-state index contributed by atoms with van der Waals surface area (Å²) in [4.78, 5) is 17.4. The van der Waals surface area contributed by atoms with Gasteiger partial charge in [0.25, 0.3) is 0 Å². The monoisotopic (exact) mass is 295 g/mol. The first-order valence-corrected chi connectivity index (χ1v) is 7.10. The molecule has 0 amide bonds. The number of esters is 1. The van der Waals surface area contributed by atoms with Crippen molar-refractivity contribution in [2.75, 3.05) is 6.61 Å². The lowest BCUT2D eigenvalue weighted by atomic mass is 10.3. The fourth-order valence-electron chi connectivity index (χ4n) is 1.75. The molecule has 0 unspecified atom stereocenters. The van der Waals surface area contributed by atoms with Crippen LogP contribution in [0.5, 0.6) is 0 Å². The van der Waals surface area contributed by atoms with Crippen LogP contribution in [0.3, 0.4) is 0 Å². The predicted octanol–water partition coefficient (Wildman–Crippen LogP) is 1.04. The van der Waals surface area contributed by atoms with Gasteiger partial charge in [0.1, 0.15) is 5.01 Å². The number of carbonyl (C=O) groups excluding carboxylic acids is 1. The van der Waals surface area contributed by atoms with Gasteiger partial charge >= 0.3 is 5.97 Å². The average Bonchev–Trinajstić information content (AvgIpc) is 2.94. The Morgan fingerprint density at radius 3 is 2.75 bits per heavy atom. The number of ether oxygens (including phenoxy) is 1. The largest absolute Gasteiger partial charge is 0.461 e. The lowest BCUT2D eigenvalue weighted by Gasteiger charge is -2.03. The molecular formula is C12H17N5O2S. The zero-order valence-electron chi connectivity index (χ0n) is 11.7. The number of hydrogen-bond acceptors (Lipinski definition) is 7. The first-order valence-electron chi connectivity index (χ1n) is 6.29. The van der Waals surface area contributed by atoms with Gasteiger partial charge in [-0.2, -0.15) is 0 Å². The second-order valence-electron chi connectivity index (χ2n) is 4.22. The third-order valence-electron chi connectivity index (χ3n) is 2.86. The molecule has 108 valence electrons. The summed E-state index contributed by atoms with van der Waals surface area (Å²) in [6.07, 6.45) is 0. The second-order valence-corrected chi connectivity index (χ2v) is 5.50. The van der Waals surface area contributed by atoms with Gasteiger partial charge in [-0.05, 0) is 20.8 Å². The van der Waals surface area contributed by atoms with Crippen LogP contribution in [0, 0.1) is 13.8 Å². The summed E-state index contributed by atoms with van der Waals surface area (Å²) >= 11 is 1.60. The molecule has 2 N–H and O–H groups in total. The molecule has 8 heteroatoms. The Morgan fingerprint density at radius 1 is 1.45 bits per heavy atom. The van der Waals surface area contributed by atoms with Gasteiger partial charge in [0.15, 0.2) is 5.69 Å². The molecule has 2 aromatic heterocycles. The standard InChI is InChI=1S/C12H17N5O2S/c1-4-19-12(18)11-9(5-13)17(16-15-11)6-10-14-7(2)8(3)20-10/h4-6,13H2,1-3H3. The maximum atomic E-state index is 11.7. The Kier molecular flexibility index (Phi) is 4.46. The maximum Gasteiger partial charge on any atom is 0.360 e. The molecule has 2 heterocycles. The van der Waals surface area contributed by atoms with Gasteiger partial charge in [0.2, 0.25) is 0 Å². The molecule has 0 bridgehead atoms. The first kappa shape index (κ1) is 14.6.